The van der Waals surface area contributed by atoms with Gasteiger partial charge in [0.25, 0.3) is 0 Å². The van der Waals surface area contributed by atoms with E-state index in [9.17, 15) is 9.50 Å². The molecule has 3 nitrogen and oxygen atoms in total. The van der Waals surface area contributed by atoms with Crippen LogP contribution in [0.4, 0.5) is 4.39 Å². The lowest BCUT2D eigenvalue weighted by atomic mass is 10.2. The third-order valence-corrected chi connectivity index (χ3v) is 2.81. The number of phenolic OH excluding ortho intramolecular Hbond substituents is 1. The van der Waals surface area contributed by atoms with E-state index in [1.165, 1.54) is 12.1 Å². The first-order valence-corrected chi connectivity index (χ1v) is 5.69. The van der Waals surface area contributed by atoms with E-state index in [1.54, 1.807) is 17.5 Å². The number of thiazole rings is 1. The Kier molecular flexibility index (Phi) is 3.48. The first-order chi connectivity index (χ1) is 7.74. The Morgan fingerprint density at radius 1 is 1.31 bits per heavy atom. The van der Waals surface area contributed by atoms with Gasteiger partial charge in [-0.25, -0.2) is 9.37 Å². The SMILES string of the molecule is Oc1cc(F)cc(CNCc2nccs2)c1. The topological polar surface area (TPSA) is 45.1 Å². The van der Waals surface area contributed by atoms with Gasteiger partial charge in [-0.15, -0.1) is 11.3 Å². The maximum atomic E-state index is 12.9. The fraction of sp³-hybridized carbons (Fsp3) is 0.182. The van der Waals surface area contributed by atoms with E-state index in [0.717, 1.165) is 11.1 Å². The zero-order chi connectivity index (χ0) is 11.4. The molecule has 2 rings (SSSR count). The summed E-state index contributed by atoms with van der Waals surface area (Å²) in [6.45, 7) is 1.15. The number of benzene rings is 1. The van der Waals surface area contributed by atoms with Gasteiger partial charge in [0, 0.05) is 30.7 Å². The van der Waals surface area contributed by atoms with E-state index in [0.29, 0.717) is 18.7 Å². The Hall–Kier alpha value is -1.46. The number of aromatic hydroxyl groups is 1. The second-order valence-electron chi connectivity index (χ2n) is 3.35. The molecular formula is C11H11FN2OS. The van der Waals surface area contributed by atoms with Gasteiger partial charge >= 0.3 is 0 Å². The summed E-state index contributed by atoms with van der Waals surface area (Å²) < 4.78 is 12.9. The predicted molar refractivity (Wildman–Crippen MR) is 60.7 cm³/mol. The molecule has 0 aliphatic heterocycles. The lowest BCUT2D eigenvalue weighted by Gasteiger charge is -2.04. The molecule has 0 saturated heterocycles. The molecule has 0 aliphatic rings. The van der Waals surface area contributed by atoms with Crippen molar-refractivity contribution in [3.63, 3.8) is 0 Å². The lowest BCUT2D eigenvalue weighted by molar-refractivity contribution is 0.467. The van der Waals surface area contributed by atoms with Crippen molar-refractivity contribution in [2.24, 2.45) is 0 Å². The van der Waals surface area contributed by atoms with Gasteiger partial charge in [-0.3, -0.25) is 0 Å². The summed E-state index contributed by atoms with van der Waals surface area (Å²) >= 11 is 1.57. The molecule has 5 heteroatoms. The summed E-state index contributed by atoms with van der Waals surface area (Å²) in [5.74, 6) is -0.475. The molecule has 0 fully saturated rings. The van der Waals surface area contributed by atoms with Gasteiger partial charge in [0.05, 0.1) is 0 Å². The molecule has 0 bridgehead atoms. The Morgan fingerprint density at radius 2 is 2.19 bits per heavy atom. The summed E-state index contributed by atoms with van der Waals surface area (Å²) in [5, 5.41) is 15.2. The minimum absolute atomic E-state index is 0.0500. The fourth-order valence-electron chi connectivity index (χ4n) is 1.39. The number of aromatic nitrogens is 1. The summed E-state index contributed by atoms with van der Waals surface area (Å²) in [6, 6.07) is 4.02. The molecule has 2 N–H and O–H groups in total. The predicted octanol–water partition coefficient (Wildman–Crippen LogP) is 2.28. The lowest BCUT2D eigenvalue weighted by Crippen LogP contribution is -2.12. The Balaban J connectivity index is 1.89. The highest BCUT2D eigenvalue weighted by Gasteiger charge is 2.00. The van der Waals surface area contributed by atoms with Crippen LogP contribution < -0.4 is 5.32 Å². The summed E-state index contributed by atoms with van der Waals surface area (Å²) in [4.78, 5) is 4.12. The molecule has 1 aromatic carbocycles. The summed E-state index contributed by atoms with van der Waals surface area (Å²) in [6.07, 6.45) is 1.75. The quantitative estimate of drug-likeness (QED) is 0.859. The van der Waals surface area contributed by atoms with Crippen LogP contribution in [0, 0.1) is 5.82 Å². The second-order valence-corrected chi connectivity index (χ2v) is 4.33. The highest BCUT2D eigenvalue weighted by molar-refractivity contribution is 7.09. The van der Waals surface area contributed by atoms with E-state index < -0.39 is 5.82 Å². The normalized spacial score (nSPS) is 10.6. The minimum Gasteiger partial charge on any atom is -0.508 e. The van der Waals surface area contributed by atoms with Crippen molar-refractivity contribution < 1.29 is 9.50 Å². The van der Waals surface area contributed by atoms with Gasteiger partial charge in [0.1, 0.15) is 16.6 Å². The van der Waals surface area contributed by atoms with Gasteiger partial charge in [-0.2, -0.15) is 0 Å². The second kappa shape index (κ2) is 5.05. The van der Waals surface area contributed by atoms with Crippen LogP contribution in [0.2, 0.25) is 0 Å². The highest BCUT2D eigenvalue weighted by atomic mass is 32.1. The molecule has 16 heavy (non-hydrogen) atoms. The van der Waals surface area contributed by atoms with Crippen LogP contribution in [0.25, 0.3) is 0 Å². The number of hydrogen-bond donors (Lipinski definition) is 2. The van der Waals surface area contributed by atoms with Crippen molar-refractivity contribution in [1.29, 1.82) is 0 Å². The van der Waals surface area contributed by atoms with Crippen molar-refractivity contribution >= 4 is 11.3 Å². The van der Waals surface area contributed by atoms with Gasteiger partial charge in [-0.05, 0) is 17.7 Å². The van der Waals surface area contributed by atoms with Crippen LogP contribution >= 0.6 is 11.3 Å². The molecule has 0 radical (unpaired) electrons. The summed E-state index contributed by atoms with van der Waals surface area (Å²) in [7, 11) is 0. The van der Waals surface area contributed by atoms with Crippen molar-refractivity contribution in [2.75, 3.05) is 0 Å². The van der Waals surface area contributed by atoms with Crippen LogP contribution in [-0.4, -0.2) is 10.1 Å². The number of nitrogens with zero attached hydrogens (tertiary/aromatic N) is 1. The molecule has 0 unspecified atom stereocenters. The average molecular weight is 238 g/mol. The van der Waals surface area contributed by atoms with Gasteiger partial charge in [0.15, 0.2) is 0 Å². The first-order valence-electron chi connectivity index (χ1n) is 4.81. The van der Waals surface area contributed by atoms with E-state index in [4.69, 9.17) is 0 Å². The van der Waals surface area contributed by atoms with E-state index in [-0.39, 0.29) is 5.75 Å². The minimum atomic E-state index is -0.425. The molecule has 0 saturated carbocycles. The number of rotatable bonds is 4. The molecule has 0 amide bonds. The maximum Gasteiger partial charge on any atom is 0.127 e. The largest absolute Gasteiger partial charge is 0.508 e. The number of nitrogens with one attached hydrogen (secondary N) is 1. The van der Waals surface area contributed by atoms with Crippen LogP contribution in [0.5, 0.6) is 5.75 Å². The van der Waals surface area contributed by atoms with Crippen molar-refractivity contribution in [3.05, 3.63) is 46.2 Å². The fourth-order valence-corrected chi connectivity index (χ4v) is 1.98. The van der Waals surface area contributed by atoms with Crippen molar-refractivity contribution in [2.45, 2.75) is 13.1 Å². The van der Waals surface area contributed by atoms with Gasteiger partial charge < -0.3 is 10.4 Å². The highest BCUT2D eigenvalue weighted by Crippen LogP contribution is 2.14. The molecule has 0 aliphatic carbocycles. The van der Waals surface area contributed by atoms with E-state index in [1.807, 2.05) is 5.38 Å². The zero-order valence-electron chi connectivity index (χ0n) is 8.48. The van der Waals surface area contributed by atoms with Crippen LogP contribution in [0.3, 0.4) is 0 Å². The molecule has 84 valence electrons. The molecule has 1 aromatic heterocycles. The van der Waals surface area contributed by atoms with Crippen LogP contribution in [-0.2, 0) is 13.1 Å². The number of hydrogen-bond acceptors (Lipinski definition) is 4. The third kappa shape index (κ3) is 3.01. The Labute approximate surface area is 96.6 Å². The van der Waals surface area contributed by atoms with Crippen LogP contribution in [0.1, 0.15) is 10.6 Å². The number of phenols is 1. The Morgan fingerprint density at radius 3 is 2.88 bits per heavy atom. The standard InChI is InChI=1S/C11H11FN2OS/c12-9-3-8(4-10(15)5-9)6-13-7-11-14-1-2-16-11/h1-5,13,15H,6-7H2. The van der Waals surface area contributed by atoms with Crippen molar-refractivity contribution in [1.82, 2.24) is 10.3 Å². The molecule has 0 atom stereocenters. The maximum absolute atomic E-state index is 12.9. The van der Waals surface area contributed by atoms with Crippen LogP contribution in [0.15, 0.2) is 29.8 Å². The van der Waals surface area contributed by atoms with Crippen molar-refractivity contribution in [3.8, 4) is 5.75 Å². The van der Waals surface area contributed by atoms with Gasteiger partial charge in [0.2, 0.25) is 0 Å². The Bertz CT molecular complexity index is 439. The smallest absolute Gasteiger partial charge is 0.127 e. The zero-order valence-corrected chi connectivity index (χ0v) is 9.30. The number of halogens is 1. The molecule has 1 heterocycles. The average Bonchev–Trinajstić information content (AvgIpc) is 2.69. The molecule has 2 aromatic rings. The molecular weight excluding hydrogens is 227 g/mol. The first kappa shape index (κ1) is 11.0. The van der Waals surface area contributed by atoms with E-state index >= 15 is 0 Å². The van der Waals surface area contributed by atoms with E-state index in [2.05, 4.69) is 10.3 Å². The third-order valence-electron chi connectivity index (χ3n) is 2.03. The molecule has 0 spiro atoms. The summed E-state index contributed by atoms with van der Waals surface area (Å²) in [5.41, 5.74) is 0.717. The van der Waals surface area contributed by atoms with Gasteiger partial charge in [-0.1, -0.05) is 0 Å². The monoisotopic (exact) mass is 238 g/mol.